The lowest BCUT2D eigenvalue weighted by Gasteiger charge is -2.28. The van der Waals surface area contributed by atoms with Crippen molar-refractivity contribution in [1.82, 2.24) is 4.31 Å². The maximum Gasteiger partial charge on any atom is 0.257 e. The highest BCUT2D eigenvalue weighted by atomic mass is 35.5. The molecular formula is C26H21ClN2O3S. The number of hydrogen-bond acceptors (Lipinski definition) is 3. The SMILES string of the molecule is O=C(Nc1ccc2ccccc2c1)c1cc(S(=O)(=O)N2CCc3ccccc3C2)ccc1Cl. The first-order valence-electron chi connectivity index (χ1n) is 10.6. The van der Waals surface area contributed by atoms with Gasteiger partial charge in [0, 0.05) is 18.8 Å². The summed E-state index contributed by atoms with van der Waals surface area (Å²) in [5.41, 5.74) is 2.88. The summed E-state index contributed by atoms with van der Waals surface area (Å²) in [6.07, 6.45) is 0.651. The lowest BCUT2D eigenvalue weighted by atomic mass is 10.0. The minimum atomic E-state index is -3.78. The third-order valence-corrected chi connectivity index (χ3v) is 8.09. The van der Waals surface area contributed by atoms with Crippen molar-refractivity contribution in [3.63, 3.8) is 0 Å². The normalized spacial score (nSPS) is 14.1. The summed E-state index contributed by atoms with van der Waals surface area (Å²) >= 11 is 6.29. The number of carbonyl (C=O) groups excluding carboxylic acids is 1. The molecule has 0 saturated carbocycles. The molecule has 5 nitrogen and oxygen atoms in total. The molecule has 1 amide bonds. The molecule has 4 aromatic rings. The minimum absolute atomic E-state index is 0.0509. The summed E-state index contributed by atoms with van der Waals surface area (Å²) in [4.78, 5) is 13.0. The number of halogens is 1. The fraction of sp³-hybridized carbons (Fsp3) is 0.115. The van der Waals surface area contributed by atoms with Gasteiger partial charge in [-0.15, -0.1) is 0 Å². The quantitative estimate of drug-likeness (QED) is 0.423. The molecule has 0 aromatic heterocycles. The number of anilines is 1. The molecule has 5 rings (SSSR count). The summed E-state index contributed by atoms with van der Waals surface area (Å²) in [5, 5.41) is 5.07. The van der Waals surface area contributed by atoms with E-state index in [1.54, 1.807) is 6.07 Å². The van der Waals surface area contributed by atoms with E-state index in [0.29, 0.717) is 25.2 Å². The number of amides is 1. The van der Waals surface area contributed by atoms with Crippen LogP contribution in [0, 0.1) is 0 Å². The molecule has 0 radical (unpaired) electrons. The lowest BCUT2D eigenvalue weighted by Crippen LogP contribution is -2.36. The van der Waals surface area contributed by atoms with Gasteiger partial charge < -0.3 is 5.32 Å². The number of sulfonamides is 1. The van der Waals surface area contributed by atoms with E-state index in [9.17, 15) is 13.2 Å². The predicted molar refractivity (Wildman–Crippen MR) is 131 cm³/mol. The van der Waals surface area contributed by atoms with Gasteiger partial charge in [0.05, 0.1) is 15.5 Å². The lowest BCUT2D eigenvalue weighted by molar-refractivity contribution is 0.102. The molecule has 33 heavy (non-hydrogen) atoms. The number of nitrogens with zero attached hydrogens (tertiary/aromatic N) is 1. The van der Waals surface area contributed by atoms with Crippen LogP contribution in [-0.4, -0.2) is 25.2 Å². The molecule has 1 heterocycles. The van der Waals surface area contributed by atoms with Gasteiger partial charge in [0.2, 0.25) is 10.0 Å². The van der Waals surface area contributed by atoms with Crippen molar-refractivity contribution in [3.05, 3.63) is 107 Å². The maximum absolute atomic E-state index is 13.3. The summed E-state index contributed by atoms with van der Waals surface area (Å²) in [6, 6.07) is 25.5. The summed E-state index contributed by atoms with van der Waals surface area (Å²) in [6.45, 7) is 0.695. The molecule has 166 valence electrons. The Morgan fingerprint density at radius 3 is 2.39 bits per heavy atom. The maximum atomic E-state index is 13.3. The fourth-order valence-corrected chi connectivity index (χ4v) is 5.78. The van der Waals surface area contributed by atoms with Crippen LogP contribution in [0.25, 0.3) is 10.8 Å². The summed E-state index contributed by atoms with van der Waals surface area (Å²) in [7, 11) is -3.78. The van der Waals surface area contributed by atoms with Gasteiger partial charge in [-0.3, -0.25) is 4.79 Å². The predicted octanol–water partition coefficient (Wildman–Crippen LogP) is 5.49. The number of nitrogens with one attached hydrogen (secondary N) is 1. The van der Waals surface area contributed by atoms with E-state index in [4.69, 9.17) is 11.6 Å². The topological polar surface area (TPSA) is 66.5 Å². The van der Waals surface area contributed by atoms with Crippen LogP contribution in [-0.2, 0) is 23.0 Å². The van der Waals surface area contributed by atoms with Crippen LogP contribution in [0.1, 0.15) is 21.5 Å². The van der Waals surface area contributed by atoms with Crippen molar-refractivity contribution >= 4 is 44.0 Å². The van der Waals surface area contributed by atoms with Crippen molar-refractivity contribution in [2.45, 2.75) is 17.9 Å². The van der Waals surface area contributed by atoms with E-state index >= 15 is 0 Å². The fourth-order valence-electron chi connectivity index (χ4n) is 4.13. The molecule has 0 atom stereocenters. The molecule has 4 aromatic carbocycles. The Labute approximate surface area is 197 Å². The molecule has 0 unspecified atom stereocenters. The molecule has 1 aliphatic heterocycles. The number of fused-ring (bicyclic) bond motifs is 2. The largest absolute Gasteiger partial charge is 0.322 e. The van der Waals surface area contributed by atoms with Crippen LogP contribution in [0.4, 0.5) is 5.69 Å². The van der Waals surface area contributed by atoms with Crippen LogP contribution in [0.3, 0.4) is 0 Å². The van der Waals surface area contributed by atoms with Crippen LogP contribution >= 0.6 is 11.6 Å². The Morgan fingerprint density at radius 1 is 0.848 bits per heavy atom. The standard InChI is InChI=1S/C26H21ClN2O3S/c27-25-12-11-23(33(31,32)29-14-13-19-6-2-4-8-21(19)17-29)16-24(25)26(30)28-22-10-9-18-5-1-3-7-20(18)15-22/h1-12,15-16H,13-14,17H2,(H,28,30). The summed E-state index contributed by atoms with van der Waals surface area (Å²) in [5.74, 6) is -0.462. The van der Waals surface area contributed by atoms with E-state index < -0.39 is 15.9 Å². The van der Waals surface area contributed by atoms with Gasteiger partial charge in [-0.05, 0) is 58.7 Å². The van der Waals surface area contributed by atoms with E-state index in [2.05, 4.69) is 5.32 Å². The number of carbonyl (C=O) groups is 1. The Kier molecular flexibility index (Phi) is 5.66. The molecule has 0 bridgehead atoms. The van der Waals surface area contributed by atoms with Gasteiger partial charge in [0.15, 0.2) is 0 Å². The van der Waals surface area contributed by atoms with Crippen LogP contribution in [0.2, 0.25) is 5.02 Å². The molecule has 0 saturated heterocycles. The molecule has 0 aliphatic carbocycles. The van der Waals surface area contributed by atoms with E-state index in [0.717, 1.165) is 21.9 Å². The monoisotopic (exact) mass is 476 g/mol. The first-order valence-corrected chi connectivity index (χ1v) is 12.4. The number of rotatable bonds is 4. The van der Waals surface area contributed by atoms with Crippen molar-refractivity contribution in [2.24, 2.45) is 0 Å². The van der Waals surface area contributed by atoms with Crippen molar-refractivity contribution in [3.8, 4) is 0 Å². The summed E-state index contributed by atoms with van der Waals surface area (Å²) < 4.78 is 28.1. The molecule has 1 N–H and O–H groups in total. The van der Waals surface area contributed by atoms with Gasteiger partial charge in [0.1, 0.15) is 0 Å². The van der Waals surface area contributed by atoms with E-state index in [-0.39, 0.29) is 15.5 Å². The Hall–Kier alpha value is -3.19. The zero-order valence-corrected chi connectivity index (χ0v) is 19.2. The first kappa shape index (κ1) is 21.6. The van der Waals surface area contributed by atoms with Crippen molar-refractivity contribution in [2.75, 3.05) is 11.9 Å². The third kappa shape index (κ3) is 4.25. The molecule has 0 spiro atoms. The second kappa shape index (κ2) is 8.63. The Bertz CT molecular complexity index is 1480. The average molecular weight is 477 g/mol. The second-order valence-electron chi connectivity index (χ2n) is 8.02. The van der Waals surface area contributed by atoms with Gasteiger partial charge in [-0.2, -0.15) is 4.31 Å². The Morgan fingerprint density at radius 2 is 1.58 bits per heavy atom. The van der Waals surface area contributed by atoms with Gasteiger partial charge in [-0.1, -0.05) is 66.2 Å². The molecule has 7 heteroatoms. The van der Waals surface area contributed by atoms with Gasteiger partial charge >= 0.3 is 0 Å². The first-order chi connectivity index (χ1) is 15.9. The zero-order valence-electron chi connectivity index (χ0n) is 17.7. The van der Waals surface area contributed by atoms with E-state index in [1.807, 2.05) is 60.7 Å². The Balaban J connectivity index is 1.42. The van der Waals surface area contributed by atoms with E-state index in [1.165, 1.54) is 22.5 Å². The highest BCUT2D eigenvalue weighted by Gasteiger charge is 2.29. The van der Waals surface area contributed by atoms with Crippen LogP contribution in [0.5, 0.6) is 0 Å². The highest BCUT2D eigenvalue weighted by molar-refractivity contribution is 7.89. The zero-order chi connectivity index (χ0) is 23.0. The molecule has 0 fully saturated rings. The highest BCUT2D eigenvalue weighted by Crippen LogP contribution is 2.28. The molecule has 1 aliphatic rings. The van der Waals surface area contributed by atoms with Gasteiger partial charge in [-0.25, -0.2) is 8.42 Å². The third-order valence-electron chi connectivity index (χ3n) is 5.92. The van der Waals surface area contributed by atoms with Gasteiger partial charge in [0.25, 0.3) is 5.91 Å². The molecular weight excluding hydrogens is 456 g/mol. The average Bonchev–Trinajstić information content (AvgIpc) is 2.83. The van der Waals surface area contributed by atoms with Crippen molar-refractivity contribution in [1.29, 1.82) is 0 Å². The van der Waals surface area contributed by atoms with Crippen molar-refractivity contribution < 1.29 is 13.2 Å². The number of benzene rings is 4. The second-order valence-corrected chi connectivity index (χ2v) is 10.4. The number of hydrogen-bond donors (Lipinski definition) is 1. The smallest absolute Gasteiger partial charge is 0.257 e. The van der Waals surface area contributed by atoms with Crippen LogP contribution in [0.15, 0.2) is 89.8 Å². The van der Waals surface area contributed by atoms with Crippen LogP contribution < -0.4 is 5.32 Å². The minimum Gasteiger partial charge on any atom is -0.322 e.